The van der Waals surface area contributed by atoms with Crippen LogP contribution in [0.25, 0.3) is 74.7 Å². The first kappa shape index (κ1) is 40.7. The first-order valence-corrected chi connectivity index (χ1v) is 19.5. The third-order valence-electron chi connectivity index (χ3n) is 7.66. The Balaban J connectivity index is 0.000000632. The van der Waals surface area contributed by atoms with Crippen molar-refractivity contribution in [3.8, 4) is 22.3 Å². The smallest absolute Gasteiger partial charge is 0.0433 e. The molecule has 0 saturated carbocycles. The molecule has 49 heavy (non-hydrogen) atoms. The molecule has 0 atom stereocenters. The Bertz CT molecular complexity index is 2110. The minimum absolute atomic E-state index is 1.25. The summed E-state index contributed by atoms with van der Waals surface area (Å²) in [5.41, 5.74) is 5.06. The monoisotopic (exact) mass is 666 g/mol. The van der Waals surface area contributed by atoms with Crippen LogP contribution in [-0.2, 0) is 0 Å². The van der Waals surface area contributed by atoms with Gasteiger partial charge in [0.25, 0.3) is 0 Å². The van der Waals surface area contributed by atoms with Crippen LogP contribution in [0.3, 0.4) is 0 Å². The van der Waals surface area contributed by atoms with Gasteiger partial charge in [-0.25, -0.2) is 0 Å². The molecule has 256 valence electrons. The van der Waals surface area contributed by atoms with Crippen molar-refractivity contribution in [3.63, 3.8) is 0 Å². The fraction of sp³-hybridized carbons (Fsp3) is 0.250. The highest BCUT2D eigenvalue weighted by atomic mass is 32.1. The first-order valence-electron chi connectivity index (χ1n) is 18.7. The number of rotatable bonds is 2. The summed E-state index contributed by atoms with van der Waals surface area (Å²) in [6, 6.07) is 49.0. The van der Waals surface area contributed by atoms with E-state index in [0.717, 1.165) is 0 Å². The first-order chi connectivity index (χ1) is 24.3. The van der Waals surface area contributed by atoms with E-state index in [1.165, 1.54) is 74.7 Å². The highest BCUT2D eigenvalue weighted by molar-refractivity contribution is 7.26. The number of thiophene rings is 1. The van der Waals surface area contributed by atoms with Crippen molar-refractivity contribution >= 4 is 63.8 Å². The average molecular weight is 667 g/mol. The second-order valence-electron chi connectivity index (χ2n) is 9.71. The molecule has 0 aliphatic rings. The summed E-state index contributed by atoms with van der Waals surface area (Å²) >= 11 is 1.89. The molecule has 0 bridgehead atoms. The number of fused-ring (bicyclic) bond motifs is 9. The molecule has 0 radical (unpaired) electrons. The highest BCUT2D eigenvalue weighted by Gasteiger charge is 2.12. The maximum atomic E-state index is 2.38. The predicted octanol–water partition coefficient (Wildman–Crippen LogP) is 17.0. The Kier molecular flexibility index (Phi) is 17.9. The van der Waals surface area contributed by atoms with Gasteiger partial charge in [-0.2, -0.15) is 0 Å². The van der Waals surface area contributed by atoms with Crippen molar-refractivity contribution in [2.75, 3.05) is 0 Å². The maximum absolute atomic E-state index is 2.38. The Hall–Kier alpha value is -4.46. The predicted molar refractivity (Wildman–Crippen MR) is 231 cm³/mol. The number of benzene rings is 7. The van der Waals surface area contributed by atoms with Crippen LogP contribution >= 0.6 is 11.3 Å². The van der Waals surface area contributed by atoms with Gasteiger partial charge < -0.3 is 0 Å². The van der Waals surface area contributed by atoms with Crippen molar-refractivity contribution in [3.05, 3.63) is 133 Å². The molecule has 8 rings (SSSR count). The molecule has 0 aliphatic heterocycles. The van der Waals surface area contributed by atoms with Crippen molar-refractivity contribution < 1.29 is 0 Å². The highest BCUT2D eigenvalue weighted by Crippen LogP contribution is 2.41. The van der Waals surface area contributed by atoms with Crippen LogP contribution in [0.15, 0.2) is 133 Å². The van der Waals surface area contributed by atoms with E-state index in [4.69, 9.17) is 0 Å². The molecular weight excluding hydrogens is 609 g/mol. The topological polar surface area (TPSA) is 0 Å². The molecule has 1 aromatic heterocycles. The molecule has 0 amide bonds. The number of hydrogen-bond acceptors (Lipinski definition) is 1. The van der Waals surface area contributed by atoms with E-state index in [0.29, 0.717) is 0 Å². The molecule has 0 saturated heterocycles. The Morgan fingerprint density at radius 2 is 0.694 bits per heavy atom. The van der Waals surface area contributed by atoms with Crippen LogP contribution < -0.4 is 0 Å². The van der Waals surface area contributed by atoms with Gasteiger partial charge in [-0.15, -0.1) is 11.3 Å². The summed E-state index contributed by atoms with van der Waals surface area (Å²) < 4.78 is 2.70. The van der Waals surface area contributed by atoms with E-state index in [1.807, 2.05) is 94.4 Å². The van der Waals surface area contributed by atoms with Crippen LogP contribution in [0.4, 0.5) is 0 Å². The molecule has 7 aromatic carbocycles. The van der Waals surface area contributed by atoms with Crippen LogP contribution in [0.5, 0.6) is 0 Å². The molecule has 0 N–H and O–H groups in total. The van der Waals surface area contributed by atoms with Gasteiger partial charge in [-0.3, -0.25) is 0 Å². The summed E-state index contributed by atoms with van der Waals surface area (Å²) in [6.07, 6.45) is 0. The van der Waals surface area contributed by atoms with Crippen LogP contribution in [0.1, 0.15) is 83.1 Å². The lowest BCUT2D eigenvalue weighted by molar-refractivity contribution is 1.50. The van der Waals surface area contributed by atoms with Crippen molar-refractivity contribution in [1.82, 2.24) is 0 Å². The molecule has 0 nitrogen and oxygen atoms in total. The Labute approximate surface area is 301 Å². The molecule has 1 heterocycles. The Morgan fingerprint density at radius 3 is 1.27 bits per heavy atom. The third kappa shape index (κ3) is 8.59. The fourth-order valence-corrected chi connectivity index (χ4v) is 7.17. The van der Waals surface area contributed by atoms with Gasteiger partial charge in [0, 0.05) is 20.2 Å². The average Bonchev–Trinajstić information content (AvgIpc) is 3.61. The zero-order chi connectivity index (χ0) is 36.3. The molecule has 8 aromatic rings. The van der Waals surface area contributed by atoms with E-state index < -0.39 is 0 Å². The van der Waals surface area contributed by atoms with Crippen LogP contribution in [0, 0.1) is 0 Å². The van der Waals surface area contributed by atoms with Crippen molar-refractivity contribution in [1.29, 1.82) is 0 Å². The summed E-state index contributed by atoms with van der Waals surface area (Å²) in [5, 5.41) is 10.6. The zero-order valence-electron chi connectivity index (χ0n) is 32.1. The van der Waals surface area contributed by atoms with Gasteiger partial charge >= 0.3 is 0 Å². The molecule has 1 heteroatoms. The third-order valence-corrected chi connectivity index (χ3v) is 8.88. The summed E-state index contributed by atoms with van der Waals surface area (Å²) in [6.45, 7) is 24.0. The van der Waals surface area contributed by atoms with Gasteiger partial charge in [0.15, 0.2) is 0 Å². The molecule has 0 unspecified atom stereocenters. The van der Waals surface area contributed by atoms with Gasteiger partial charge in [-0.05, 0) is 72.8 Å². The van der Waals surface area contributed by atoms with Gasteiger partial charge in [0.05, 0.1) is 0 Å². The van der Waals surface area contributed by atoms with E-state index in [2.05, 4.69) is 133 Å². The molecule has 0 fully saturated rings. The summed E-state index contributed by atoms with van der Waals surface area (Å²) in [7, 11) is 0. The second kappa shape index (κ2) is 21.5. The maximum Gasteiger partial charge on any atom is 0.0433 e. The molecule has 0 spiro atoms. The van der Waals surface area contributed by atoms with Crippen molar-refractivity contribution in [2.24, 2.45) is 0 Å². The van der Waals surface area contributed by atoms with Crippen molar-refractivity contribution in [2.45, 2.75) is 83.1 Å². The van der Waals surface area contributed by atoms with E-state index in [9.17, 15) is 0 Å². The van der Waals surface area contributed by atoms with E-state index >= 15 is 0 Å². The van der Waals surface area contributed by atoms with Gasteiger partial charge in [0.2, 0.25) is 0 Å². The lowest BCUT2D eigenvalue weighted by Crippen LogP contribution is -1.86. The largest absolute Gasteiger partial charge is 0.135 e. The van der Waals surface area contributed by atoms with Crippen LogP contribution in [0.2, 0.25) is 0 Å². The fourth-order valence-electron chi connectivity index (χ4n) is 5.93. The second-order valence-corrected chi connectivity index (χ2v) is 10.8. The lowest BCUT2D eigenvalue weighted by Gasteiger charge is -2.12. The molecule has 0 aliphatic carbocycles. The summed E-state index contributed by atoms with van der Waals surface area (Å²) in [4.78, 5) is 0. The standard InChI is InChI=1S/C36H22S.6C2H6/c1-2-13-29-27(11-1)28-12-3-4-14-30(28)34-22-24(19-20-31(29)34)23-9-7-10-25(21-23)26-16-8-17-33-32-15-5-6-18-35(32)37-36(26)33;6*1-2/h1-22H;6*1-2H3. The summed E-state index contributed by atoms with van der Waals surface area (Å²) in [5.74, 6) is 0. The normalized spacial score (nSPS) is 9.63. The quantitative estimate of drug-likeness (QED) is 0.161. The lowest BCUT2D eigenvalue weighted by atomic mass is 9.91. The SMILES string of the molecule is CC.CC.CC.CC.CC.CC.c1cc(-c2ccc3c4ccccc4c4ccccc4c3c2)cc(-c2cccc3c2sc2ccccc23)c1. The zero-order valence-corrected chi connectivity index (χ0v) is 32.9. The van der Waals surface area contributed by atoms with E-state index in [-0.39, 0.29) is 0 Å². The molecular formula is C48H58S. The minimum atomic E-state index is 1.25. The van der Waals surface area contributed by atoms with Gasteiger partial charge in [0.1, 0.15) is 0 Å². The minimum Gasteiger partial charge on any atom is -0.135 e. The van der Waals surface area contributed by atoms with E-state index in [1.54, 1.807) is 0 Å². The van der Waals surface area contributed by atoms with Gasteiger partial charge in [-0.1, -0.05) is 198 Å². The van der Waals surface area contributed by atoms with Crippen LogP contribution in [-0.4, -0.2) is 0 Å². The number of hydrogen-bond donors (Lipinski definition) is 0. The Morgan fingerprint density at radius 1 is 0.286 bits per heavy atom.